The van der Waals surface area contributed by atoms with Gasteiger partial charge in [0.05, 0.1) is 12.5 Å². The molecule has 1 saturated heterocycles. The van der Waals surface area contributed by atoms with Gasteiger partial charge in [0.25, 0.3) is 0 Å². The zero-order chi connectivity index (χ0) is 21.5. The number of likely N-dealkylation sites (N-methyl/N-ethyl adjacent to an activating group) is 1. The van der Waals surface area contributed by atoms with Crippen molar-refractivity contribution in [2.24, 2.45) is 5.92 Å². The van der Waals surface area contributed by atoms with Crippen molar-refractivity contribution < 1.29 is 14.0 Å². The van der Waals surface area contributed by atoms with E-state index in [0.29, 0.717) is 38.2 Å². The summed E-state index contributed by atoms with van der Waals surface area (Å²) in [5, 5.41) is 2.66. The van der Waals surface area contributed by atoms with Gasteiger partial charge >= 0.3 is 0 Å². The van der Waals surface area contributed by atoms with E-state index in [-0.39, 0.29) is 23.5 Å². The molecule has 5 nitrogen and oxygen atoms in total. The Morgan fingerprint density at radius 1 is 1.13 bits per heavy atom. The highest BCUT2D eigenvalue weighted by atomic mass is 19.1. The maximum absolute atomic E-state index is 14.0. The summed E-state index contributed by atoms with van der Waals surface area (Å²) < 4.78 is 14.0. The highest BCUT2D eigenvalue weighted by Crippen LogP contribution is 2.24. The van der Waals surface area contributed by atoms with Crippen LogP contribution in [0.4, 0.5) is 4.39 Å². The van der Waals surface area contributed by atoms with Gasteiger partial charge in [-0.1, -0.05) is 49.4 Å². The predicted octanol–water partition coefficient (Wildman–Crippen LogP) is 2.95. The molecular formula is C24H30FN3O2. The molecule has 2 amide bonds. The third-order valence-electron chi connectivity index (χ3n) is 5.59. The molecule has 2 aromatic carbocycles. The summed E-state index contributed by atoms with van der Waals surface area (Å²) in [5.41, 5.74) is 2.42. The first-order chi connectivity index (χ1) is 14.5. The lowest BCUT2D eigenvalue weighted by atomic mass is 9.95. The number of carbonyl (C=O) groups is 2. The second kappa shape index (κ2) is 10.3. The molecule has 0 aromatic heterocycles. The molecule has 1 unspecified atom stereocenters. The Labute approximate surface area is 177 Å². The average molecular weight is 412 g/mol. The number of benzene rings is 2. The topological polar surface area (TPSA) is 52.6 Å². The minimum absolute atomic E-state index is 0.0422. The largest absolute Gasteiger partial charge is 0.358 e. The van der Waals surface area contributed by atoms with Crippen LogP contribution in [-0.2, 0) is 16.0 Å². The molecule has 1 aliphatic heterocycles. The Hall–Kier alpha value is -2.73. The highest BCUT2D eigenvalue weighted by Gasteiger charge is 2.30. The molecule has 0 spiro atoms. The van der Waals surface area contributed by atoms with Crippen molar-refractivity contribution in [2.75, 3.05) is 39.8 Å². The molecule has 30 heavy (non-hydrogen) atoms. The first-order valence-corrected chi connectivity index (χ1v) is 10.6. The third kappa shape index (κ3) is 5.45. The van der Waals surface area contributed by atoms with Crippen LogP contribution in [0.5, 0.6) is 0 Å². The Morgan fingerprint density at radius 2 is 1.87 bits per heavy atom. The van der Waals surface area contributed by atoms with Crippen LogP contribution in [0.25, 0.3) is 11.1 Å². The summed E-state index contributed by atoms with van der Waals surface area (Å²) in [4.78, 5) is 29.0. The van der Waals surface area contributed by atoms with Crippen molar-refractivity contribution in [3.8, 4) is 11.1 Å². The monoisotopic (exact) mass is 411 g/mol. The summed E-state index contributed by atoms with van der Waals surface area (Å²) in [6, 6.07) is 14.5. The zero-order valence-electron chi connectivity index (χ0n) is 17.7. The molecule has 1 fully saturated rings. The maximum Gasteiger partial charge on any atom is 0.233 e. The number of halogens is 1. The normalized spacial score (nSPS) is 17.6. The summed E-state index contributed by atoms with van der Waals surface area (Å²) in [5.74, 6) is -0.346. The first-order valence-electron chi connectivity index (χ1n) is 10.6. The van der Waals surface area contributed by atoms with Gasteiger partial charge in [-0.2, -0.15) is 0 Å². The number of rotatable bonds is 7. The van der Waals surface area contributed by atoms with Crippen LogP contribution in [0.1, 0.15) is 18.9 Å². The van der Waals surface area contributed by atoms with Gasteiger partial charge in [0, 0.05) is 38.8 Å². The Morgan fingerprint density at radius 3 is 2.53 bits per heavy atom. The van der Waals surface area contributed by atoms with Crippen LogP contribution in [0.2, 0.25) is 0 Å². The summed E-state index contributed by atoms with van der Waals surface area (Å²) in [6.07, 6.45) is 1.51. The van der Waals surface area contributed by atoms with Crippen molar-refractivity contribution >= 4 is 11.8 Å². The first kappa shape index (κ1) is 22.0. The predicted molar refractivity (Wildman–Crippen MR) is 116 cm³/mol. The molecule has 0 bridgehead atoms. The quantitative estimate of drug-likeness (QED) is 0.762. The number of hydrogen-bond donors (Lipinski definition) is 1. The highest BCUT2D eigenvalue weighted by molar-refractivity contribution is 5.80. The van der Waals surface area contributed by atoms with E-state index in [1.54, 1.807) is 19.2 Å². The van der Waals surface area contributed by atoms with Crippen molar-refractivity contribution in [3.05, 3.63) is 59.9 Å². The lowest BCUT2D eigenvalue weighted by Crippen LogP contribution is -2.39. The molecule has 1 atom stereocenters. The molecule has 0 saturated carbocycles. The fourth-order valence-corrected chi connectivity index (χ4v) is 3.98. The van der Waals surface area contributed by atoms with Gasteiger partial charge in [0.15, 0.2) is 0 Å². The van der Waals surface area contributed by atoms with Gasteiger partial charge in [-0.05, 0) is 30.0 Å². The molecule has 1 aliphatic rings. The van der Waals surface area contributed by atoms with Crippen molar-refractivity contribution in [1.29, 1.82) is 0 Å². The molecule has 3 rings (SSSR count). The Kier molecular flexibility index (Phi) is 7.57. The van der Waals surface area contributed by atoms with Crippen LogP contribution in [0.3, 0.4) is 0 Å². The summed E-state index contributed by atoms with van der Waals surface area (Å²) >= 11 is 0. The van der Waals surface area contributed by atoms with E-state index in [1.165, 1.54) is 6.07 Å². The van der Waals surface area contributed by atoms with Crippen molar-refractivity contribution in [3.63, 3.8) is 0 Å². The standard InChI is InChI=1S/C24H30FN3O2/c1-3-12-28-14-13-27(17-23(29)26-2)16-20(24(28)30)15-18-8-10-19(11-9-18)21-6-4-5-7-22(21)25/h4-11,20H,3,12-17H2,1-2H3,(H,26,29). The smallest absolute Gasteiger partial charge is 0.233 e. The number of amides is 2. The van der Waals surface area contributed by atoms with E-state index >= 15 is 0 Å². The van der Waals surface area contributed by atoms with Gasteiger partial charge in [0.1, 0.15) is 5.82 Å². The molecule has 0 radical (unpaired) electrons. The van der Waals surface area contributed by atoms with Crippen LogP contribution >= 0.6 is 0 Å². The molecule has 160 valence electrons. The fraction of sp³-hybridized carbons (Fsp3) is 0.417. The van der Waals surface area contributed by atoms with Gasteiger partial charge in [-0.25, -0.2) is 4.39 Å². The lowest BCUT2D eigenvalue weighted by Gasteiger charge is -2.23. The molecule has 0 aliphatic carbocycles. The number of carbonyl (C=O) groups excluding carboxylic acids is 2. The number of nitrogens with zero attached hydrogens (tertiary/aromatic N) is 2. The van der Waals surface area contributed by atoms with Gasteiger partial charge in [-0.3, -0.25) is 14.5 Å². The van der Waals surface area contributed by atoms with E-state index in [0.717, 1.165) is 24.1 Å². The zero-order valence-corrected chi connectivity index (χ0v) is 17.7. The number of nitrogens with one attached hydrogen (secondary N) is 1. The van der Waals surface area contributed by atoms with Crippen LogP contribution in [-0.4, -0.2) is 61.4 Å². The van der Waals surface area contributed by atoms with E-state index < -0.39 is 0 Å². The van der Waals surface area contributed by atoms with E-state index in [2.05, 4.69) is 17.1 Å². The molecule has 1 heterocycles. The van der Waals surface area contributed by atoms with E-state index in [4.69, 9.17) is 0 Å². The maximum atomic E-state index is 14.0. The minimum Gasteiger partial charge on any atom is -0.358 e. The fourth-order valence-electron chi connectivity index (χ4n) is 3.98. The van der Waals surface area contributed by atoms with Crippen LogP contribution in [0.15, 0.2) is 48.5 Å². The summed E-state index contributed by atoms with van der Waals surface area (Å²) in [7, 11) is 1.63. The van der Waals surface area contributed by atoms with Crippen molar-refractivity contribution in [1.82, 2.24) is 15.1 Å². The molecule has 2 aromatic rings. The van der Waals surface area contributed by atoms with E-state index in [9.17, 15) is 14.0 Å². The second-order valence-corrected chi connectivity index (χ2v) is 7.81. The third-order valence-corrected chi connectivity index (χ3v) is 5.59. The van der Waals surface area contributed by atoms with Crippen molar-refractivity contribution in [2.45, 2.75) is 19.8 Å². The molecular weight excluding hydrogens is 381 g/mol. The summed E-state index contributed by atoms with van der Waals surface area (Å²) in [6.45, 7) is 4.99. The second-order valence-electron chi connectivity index (χ2n) is 7.81. The Balaban J connectivity index is 1.76. The lowest BCUT2D eigenvalue weighted by molar-refractivity contribution is -0.134. The SMILES string of the molecule is CCCN1CCN(CC(=O)NC)CC(Cc2ccc(-c3ccccc3F)cc2)C1=O. The molecule has 1 N–H and O–H groups in total. The minimum atomic E-state index is -0.246. The van der Waals surface area contributed by atoms with Crippen LogP contribution < -0.4 is 5.32 Å². The number of hydrogen-bond acceptors (Lipinski definition) is 3. The average Bonchev–Trinajstić information content (AvgIpc) is 2.89. The molecule has 6 heteroatoms. The van der Waals surface area contributed by atoms with Gasteiger partial charge in [-0.15, -0.1) is 0 Å². The Bertz CT molecular complexity index is 869. The van der Waals surface area contributed by atoms with Gasteiger partial charge in [0.2, 0.25) is 11.8 Å². The van der Waals surface area contributed by atoms with Gasteiger partial charge < -0.3 is 10.2 Å². The van der Waals surface area contributed by atoms with E-state index in [1.807, 2.05) is 35.2 Å². The van der Waals surface area contributed by atoms with Crippen LogP contribution in [0, 0.1) is 11.7 Å².